The lowest BCUT2D eigenvalue weighted by Gasteiger charge is -2.12. The summed E-state index contributed by atoms with van der Waals surface area (Å²) in [5.41, 5.74) is 7.32. The maximum atomic E-state index is 12.9. The van der Waals surface area contributed by atoms with Gasteiger partial charge in [-0.2, -0.15) is 0 Å². The Morgan fingerprint density at radius 1 is 0.833 bits per heavy atom. The number of carbonyl (C=O) groups is 1. The molecule has 2 N–H and O–H groups in total. The van der Waals surface area contributed by atoms with Gasteiger partial charge < -0.3 is 9.73 Å². The predicted molar refractivity (Wildman–Crippen MR) is 125 cm³/mol. The number of fused-ring (bicyclic) bond motifs is 1. The first-order valence-corrected chi connectivity index (χ1v) is 10.2. The Bertz CT molecular complexity index is 1250. The summed E-state index contributed by atoms with van der Waals surface area (Å²) in [6.07, 6.45) is 0. The SMILES string of the molecule is Cc1cc2oc(NC(=O)Nc3c(C)cccc3C)c(-c3ccccc3Cl)c2cc1C. The van der Waals surface area contributed by atoms with E-state index in [1.165, 1.54) is 0 Å². The highest BCUT2D eigenvalue weighted by Crippen LogP contribution is 2.42. The van der Waals surface area contributed by atoms with Crippen LogP contribution >= 0.6 is 11.6 Å². The van der Waals surface area contributed by atoms with Crippen molar-refractivity contribution in [2.24, 2.45) is 0 Å². The molecule has 0 fully saturated rings. The van der Waals surface area contributed by atoms with Crippen molar-refractivity contribution in [3.63, 3.8) is 0 Å². The van der Waals surface area contributed by atoms with Gasteiger partial charge in [0.2, 0.25) is 5.88 Å². The lowest BCUT2D eigenvalue weighted by atomic mass is 10.0. The number of nitrogens with one attached hydrogen (secondary N) is 2. The van der Waals surface area contributed by atoms with E-state index in [1.807, 2.05) is 69.3 Å². The highest BCUT2D eigenvalue weighted by atomic mass is 35.5. The molecule has 4 rings (SSSR count). The van der Waals surface area contributed by atoms with Crippen molar-refractivity contribution in [1.29, 1.82) is 0 Å². The molecule has 0 radical (unpaired) electrons. The quantitative estimate of drug-likeness (QED) is 0.359. The average molecular weight is 419 g/mol. The number of anilines is 2. The molecule has 0 unspecified atom stereocenters. The largest absolute Gasteiger partial charge is 0.440 e. The summed E-state index contributed by atoms with van der Waals surface area (Å²) in [4.78, 5) is 12.9. The van der Waals surface area contributed by atoms with Gasteiger partial charge in [-0.05, 0) is 68.1 Å². The van der Waals surface area contributed by atoms with Gasteiger partial charge in [0.1, 0.15) is 5.58 Å². The smallest absolute Gasteiger partial charge is 0.326 e. The highest BCUT2D eigenvalue weighted by Gasteiger charge is 2.21. The van der Waals surface area contributed by atoms with Gasteiger partial charge in [-0.15, -0.1) is 0 Å². The Morgan fingerprint density at radius 2 is 1.50 bits per heavy atom. The Kier molecular flexibility index (Phi) is 5.27. The van der Waals surface area contributed by atoms with Crippen LogP contribution in [-0.2, 0) is 0 Å². The molecule has 0 atom stereocenters. The standard InChI is InChI=1S/C25H23ClN2O2/c1-14-8-7-9-15(2)23(14)27-25(29)28-24-22(18-10-5-6-11-20(18)26)19-12-16(3)17(4)13-21(19)30-24/h5-13H,1-4H3,(H2,27,28,29). The van der Waals surface area contributed by atoms with Crippen molar-refractivity contribution >= 4 is 40.2 Å². The first kappa shape index (κ1) is 20.0. The molecule has 0 saturated heterocycles. The van der Waals surface area contributed by atoms with Gasteiger partial charge in [0.05, 0.1) is 5.56 Å². The van der Waals surface area contributed by atoms with E-state index in [2.05, 4.69) is 23.6 Å². The fraction of sp³-hybridized carbons (Fsp3) is 0.160. The molecule has 0 aliphatic heterocycles. The third kappa shape index (κ3) is 3.66. The first-order valence-electron chi connectivity index (χ1n) is 9.78. The molecule has 0 spiro atoms. The van der Waals surface area contributed by atoms with Crippen molar-refractivity contribution in [2.45, 2.75) is 27.7 Å². The van der Waals surface area contributed by atoms with Crippen molar-refractivity contribution in [3.8, 4) is 11.1 Å². The van der Waals surface area contributed by atoms with Crippen molar-refractivity contribution in [3.05, 3.63) is 81.9 Å². The minimum Gasteiger partial charge on any atom is -0.440 e. The molecule has 4 aromatic rings. The van der Waals surface area contributed by atoms with Crippen LogP contribution in [0.5, 0.6) is 0 Å². The van der Waals surface area contributed by atoms with E-state index in [1.54, 1.807) is 0 Å². The molecule has 0 saturated carbocycles. The fourth-order valence-corrected chi connectivity index (χ4v) is 3.86. The molecular weight excluding hydrogens is 396 g/mol. The van der Waals surface area contributed by atoms with Gasteiger partial charge in [-0.1, -0.05) is 48.0 Å². The van der Waals surface area contributed by atoms with Gasteiger partial charge in [0.15, 0.2) is 0 Å². The maximum absolute atomic E-state index is 12.9. The number of benzene rings is 3. The summed E-state index contributed by atoms with van der Waals surface area (Å²) in [7, 11) is 0. The summed E-state index contributed by atoms with van der Waals surface area (Å²) < 4.78 is 6.08. The third-order valence-corrected chi connectivity index (χ3v) is 5.72. The molecule has 3 aromatic carbocycles. The number of furan rings is 1. The molecule has 5 heteroatoms. The molecule has 2 amide bonds. The zero-order chi connectivity index (χ0) is 21.4. The number of rotatable bonds is 3. The number of hydrogen-bond donors (Lipinski definition) is 2. The Balaban J connectivity index is 1.79. The maximum Gasteiger partial charge on any atom is 0.326 e. The second-order valence-corrected chi connectivity index (χ2v) is 7.97. The summed E-state index contributed by atoms with van der Waals surface area (Å²) in [5, 5.41) is 7.34. The summed E-state index contributed by atoms with van der Waals surface area (Å²) in [5.74, 6) is 0.367. The van der Waals surface area contributed by atoms with Crippen LogP contribution in [0.25, 0.3) is 22.1 Å². The van der Waals surface area contributed by atoms with Gasteiger partial charge in [-0.3, -0.25) is 5.32 Å². The van der Waals surface area contributed by atoms with Gasteiger partial charge in [-0.25, -0.2) is 4.79 Å². The van der Waals surface area contributed by atoms with Crippen LogP contribution in [0.1, 0.15) is 22.3 Å². The fourth-order valence-electron chi connectivity index (χ4n) is 3.63. The van der Waals surface area contributed by atoms with Gasteiger partial charge in [0, 0.05) is 21.7 Å². The van der Waals surface area contributed by atoms with Crippen LogP contribution in [0.3, 0.4) is 0 Å². The number of carbonyl (C=O) groups excluding carboxylic acids is 1. The topological polar surface area (TPSA) is 54.3 Å². The second kappa shape index (κ2) is 7.88. The highest BCUT2D eigenvalue weighted by molar-refractivity contribution is 6.34. The van der Waals surface area contributed by atoms with Crippen LogP contribution in [0.2, 0.25) is 5.02 Å². The molecule has 0 aliphatic carbocycles. The monoisotopic (exact) mass is 418 g/mol. The van der Waals surface area contributed by atoms with E-state index in [0.717, 1.165) is 44.5 Å². The number of aryl methyl sites for hydroxylation is 4. The number of hydrogen-bond acceptors (Lipinski definition) is 2. The van der Waals surface area contributed by atoms with E-state index in [0.29, 0.717) is 16.5 Å². The summed E-state index contributed by atoms with van der Waals surface area (Å²) >= 11 is 6.50. The normalized spacial score (nSPS) is 11.0. The number of urea groups is 1. The second-order valence-electron chi connectivity index (χ2n) is 7.56. The summed E-state index contributed by atoms with van der Waals surface area (Å²) in [6, 6.07) is 17.1. The lowest BCUT2D eigenvalue weighted by molar-refractivity contribution is 0.261. The van der Waals surface area contributed by atoms with Crippen LogP contribution in [0.15, 0.2) is 59.0 Å². The summed E-state index contributed by atoms with van der Waals surface area (Å²) in [6.45, 7) is 8.02. The molecule has 0 aliphatic rings. The zero-order valence-electron chi connectivity index (χ0n) is 17.4. The number of amides is 2. The van der Waals surface area contributed by atoms with E-state index in [-0.39, 0.29) is 6.03 Å². The average Bonchev–Trinajstić information content (AvgIpc) is 3.02. The van der Waals surface area contributed by atoms with Gasteiger partial charge in [0.25, 0.3) is 0 Å². The third-order valence-electron chi connectivity index (χ3n) is 5.39. The predicted octanol–water partition coefficient (Wildman–Crippen LogP) is 7.63. The van der Waals surface area contributed by atoms with Crippen LogP contribution in [-0.4, -0.2) is 6.03 Å². The Hall–Kier alpha value is -3.24. The van der Waals surface area contributed by atoms with Gasteiger partial charge >= 0.3 is 6.03 Å². The molecule has 0 bridgehead atoms. The van der Waals surface area contributed by atoms with Crippen LogP contribution in [0.4, 0.5) is 16.4 Å². The van der Waals surface area contributed by atoms with Crippen LogP contribution in [0, 0.1) is 27.7 Å². The molecule has 152 valence electrons. The lowest BCUT2D eigenvalue weighted by Crippen LogP contribution is -2.20. The van der Waals surface area contributed by atoms with Crippen molar-refractivity contribution in [2.75, 3.05) is 10.6 Å². The molecule has 1 heterocycles. The minimum atomic E-state index is -0.367. The minimum absolute atomic E-state index is 0.367. The molecular formula is C25H23ClN2O2. The van der Waals surface area contributed by atoms with Crippen molar-refractivity contribution in [1.82, 2.24) is 0 Å². The molecule has 4 nitrogen and oxygen atoms in total. The Morgan fingerprint density at radius 3 is 2.20 bits per heavy atom. The van der Waals surface area contributed by atoms with E-state index < -0.39 is 0 Å². The molecule has 1 aromatic heterocycles. The van der Waals surface area contributed by atoms with E-state index in [9.17, 15) is 4.79 Å². The zero-order valence-corrected chi connectivity index (χ0v) is 18.1. The van der Waals surface area contributed by atoms with E-state index in [4.69, 9.17) is 16.0 Å². The molecule has 30 heavy (non-hydrogen) atoms. The van der Waals surface area contributed by atoms with E-state index >= 15 is 0 Å². The number of halogens is 1. The van der Waals surface area contributed by atoms with Crippen molar-refractivity contribution < 1.29 is 9.21 Å². The van der Waals surface area contributed by atoms with Crippen LogP contribution < -0.4 is 10.6 Å². The number of para-hydroxylation sites is 1. The first-order chi connectivity index (χ1) is 14.3. The Labute approximate surface area is 180 Å².